The lowest BCUT2D eigenvalue weighted by Crippen LogP contribution is -2.18. The van der Waals surface area contributed by atoms with Crippen LogP contribution in [0.15, 0.2) is 206 Å². The third kappa shape index (κ3) is 5.36. The highest BCUT2D eigenvalue weighted by Crippen LogP contribution is 2.58. The van der Waals surface area contributed by atoms with Gasteiger partial charge in [-0.05, 0) is 133 Å². The molecule has 0 spiro atoms. The van der Waals surface area contributed by atoms with Crippen molar-refractivity contribution in [2.24, 2.45) is 0 Å². The van der Waals surface area contributed by atoms with Gasteiger partial charge in [-0.2, -0.15) is 0 Å². The summed E-state index contributed by atoms with van der Waals surface area (Å²) in [6.45, 7) is 9.66. The Morgan fingerprint density at radius 2 is 0.871 bits per heavy atom. The average molecular weight is 795 g/mol. The minimum atomic E-state index is -0.216. The van der Waals surface area contributed by atoms with Gasteiger partial charge < -0.3 is 9.47 Å². The lowest BCUT2D eigenvalue weighted by molar-refractivity contribution is 0.653. The second-order valence-corrected chi connectivity index (χ2v) is 18.2. The van der Waals surface area contributed by atoms with Crippen molar-refractivity contribution in [3.63, 3.8) is 0 Å². The predicted molar refractivity (Wildman–Crippen MR) is 261 cm³/mol. The van der Waals surface area contributed by atoms with Crippen molar-refractivity contribution in [1.29, 1.82) is 0 Å². The van der Waals surface area contributed by atoms with Crippen molar-refractivity contribution in [2.75, 3.05) is 4.90 Å². The number of benzene rings is 9. The second kappa shape index (κ2) is 13.5. The third-order valence-corrected chi connectivity index (χ3v) is 14.0. The van der Waals surface area contributed by atoms with Gasteiger partial charge >= 0.3 is 0 Å². The number of rotatable bonds is 6. The molecule has 0 unspecified atom stereocenters. The maximum atomic E-state index is 2.53. The Morgan fingerprint density at radius 1 is 0.339 bits per heavy atom. The van der Waals surface area contributed by atoms with Crippen LogP contribution in [0, 0.1) is 0 Å². The number of para-hydroxylation sites is 2. The van der Waals surface area contributed by atoms with Crippen molar-refractivity contribution in [2.45, 2.75) is 38.5 Å². The molecule has 0 saturated heterocycles. The van der Waals surface area contributed by atoms with E-state index in [-0.39, 0.29) is 10.8 Å². The number of hydrogen-bond donors (Lipinski definition) is 0. The standard InChI is InChI=1S/C60H46N2/c1-59(2)53-35-44(31-33-47(53)51-37-55-52(38-54(51)59)50-25-16-24-46(58(50)60(55,3)4)41-19-10-6-11-20-41)61(43-29-27-40(28-30-43)39-17-8-5-9-18-39)45-32-34-49-48-23-14-15-26-56(48)62(57(49)36-45)42-21-12-7-13-22-42/h5-38H,1-4H3. The van der Waals surface area contributed by atoms with Gasteiger partial charge in [0.05, 0.1) is 11.0 Å². The van der Waals surface area contributed by atoms with Crippen molar-refractivity contribution in [1.82, 2.24) is 4.57 Å². The highest BCUT2D eigenvalue weighted by Gasteiger charge is 2.43. The Balaban J connectivity index is 1.02. The van der Waals surface area contributed by atoms with Gasteiger partial charge in [0, 0.05) is 44.4 Å². The van der Waals surface area contributed by atoms with E-state index in [4.69, 9.17) is 0 Å². The molecule has 0 aliphatic heterocycles. The fraction of sp³-hybridized carbons (Fsp3) is 0.100. The molecule has 10 aromatic rings. The molecule has 0 atom stereocenters. The summed E-state index contributed by atoms with van der Waals surface area (Å²) >= 11 is 0. The van der Waals surface area contributed by atoms with Crippen LogP contribution in [-0.4, -0.2) is 4.57 Å². The monoisotopic (exact) mass is 794 g/mol. The first-order valence-electron chi connectivity index (χ1n) is 21.8. The third-order valence-electron chi connectivity index (χ3n) is 14.0. The number of hydrogen-bond acceptors (Lipinski definition) is 1. The Kier molecular flexibility index (Phi) is 7.96. The van der Waals surface area contributed by atoms with Crippen LogP contribution in [0.4, 0.5) is 17.1 Å². The van der Waals surface area contributed by atoms with Crippen LogP contribution in [-0.2, 0) is 10.8 Å². The van der Waals surface area contributed by atoms with Gasteiger partial charge in [-0.25, -0.2) is 0 Å². The zero-order chi connectivity index (χ0) is 41.7. The van der Waals surface area contributed by atoms with E-state index in [1.807, 2.05) is 0 Å². The van der Waals surface area contributed by atoms with E-state index < -0.39 is 0 Å². The molecule has 0 bridgehead atoms. The minimum absolute atomic E-state index is 0.150. The van der Waals surface area contributed by atoms with Crippen molar-refractivity contribution in [3.8, 4) is 50.2 Å². The first kappa shape index (κ1) is 36.4. The molecule has 2 nitrogen and oxygen atoms in total. The first-order chi connectivity index (χ1) is 30.3. The second-order valence-electron chi connectivity index (χ2n) is 18.2. The van der Waals surface area contributed by atoms with Gasteiger partial charge in [-0.1, -0.05) is 167 Å². The molecule has 0 amide bonds. The molecule has 0 fully saturated rings. The molecule has 2 aliphatic rings. The smallest absolute Gasteiger partial charge is 0.0561 e. The van der Waals surface area contributed by atoms with Crippen LogP contribution >= 0.6 is 0 Å². The number of fused-ring (bicyclic) bond motifs is 9. The molecular weight excluding hydrogens is 749 g/mol. The van der Waals surface area contributed by atoms with Gasteiger partial charge in [0.1, 0.15) is 0 Å². The molecule has 0 saturated carbocycles. The topological polar surface area (TPSA) is 8.17 Å². The van der Waals surface area contributed by atoms with E-state index in [2.05, 4.69) is 243 Å². The minimum Gasteiger partial charge on any atom is -0.310 e. The van der Waals surface area contributed by atoms with Crippen molar-refractivity contribution >= 4 is 38.9 Å². The Morgan fingerprint density at radius 3 is 1.61 bits per heavy atom. The van der Waals surface area contributed by atoms with E-state index in [1.165, 1.54) is 88.6 Å². The van der Waals surface area contributed by atoms with Crippen molar-refractivity contribution < 1.29 is 0 Å². The summed E-state index contributed by atoms with van der Waals surface area (Å²) in [5.41, 5.74) is 22.5. The molecule has 0 N–H and O–H groups in total. The SMILES string of the molecule is CC1(C)c2cc(N(c3ccc(-c4ccccc4)cc3)c3ccc4c5ccccc5n(-c5ccccc5)c4c3)ccc2-c2cc3c(cc21)-c1cccc(-c2ccccc2)c1C3(C)C. The van der Waals surface area contributed by atoms with E-state index in [9.17, 15) is 0 Å². The molecule has 2 aliphatic carbocycles. The lowest BCUT2D eigenvalue weighted by atomic mass is 9.77. The van der Waals surface area contributed by atoms with Crippen LogP contribution in [0.2, 0.25) is 0 Å². The average Bonchev–Trinajstić information content (AvgIpc) is 3.85. The first-order valence-corrected chi connectivity index (χ1v) is 21.8. The van der Waals surface area contributed by atoms with Crippen LogP contribution in [0.5, 0.6) is 0 Å². The number of aromatic nitrogens is 1. The normalized spacial score (nSPS) is 14.1. The van der Waals surface area contributed by atoms with Crippen LogP contribution < -0.4 is 4.90 Å². The van der Waals surface area contributed by atoms with Gasteiger partial charge in [0.15, 0.2) is 0 Å². The van der Waals surface area contributed by atoms with Crippen LogP contribution in [0.1, 0.15) is 49.9 Å². The Bertz CT molecular complexity index is 3370. The summed E-state index contributed by atoms with van der Waals surface area (Å²) in [5.74, 6) is 0. The molecule has 12 rings (SSSR count). The molecule has 296 valence electrons. The summed E-state index contributed by atoms with van der Waals surface area (Å²) in [7, 11) is 0. The van der Waals surface area contributed by atoms with Gasteiger partial charge in [-0.3, -0.25) is 0 Å². The number of nitrogens with zero attached hydrogens (tertiary/aromatic N) is 2. The predicted octanol–water partition coefficient (Wildman–Crippen LogP) is 16.2. The highest BCUT2D eigenvalue weighted by molar-refractivity contribution is 6.10. The summed E-state index contributed by atoms with van der Waals surface area (Å²) in [5, 5.41) is 2.49. The van der Waals surface area contributed by atoms with Crippen LogP contribution in [0.3, 0.4) is 0 Å². The summed E-state index contributed by atoms with van der Waals surface area (Å²) < 4.78 is 2.41. The fourth-order valence-corrected chi connectivity index (χ4v) is 10.9. The molecule has 9 aromatic carbocycles. The molecular formula is C60H46N2. The zero-order valence-electron chi connectivity index (χ0n) is 35.5. The maximum Gasteiger partial charge on any atom is 0.0561 e. The van der Waals surface area contributed by atoms with E-state index >= 15 is 0 Å². The lowest BCUT2D eigenvalue weighted by Gasteiger charge is -2.28. The fourth-order valence-electron chi connectivity index (χ4n) is 10.9. The Labute approximate surface area is 364 Å². The molecule has 1 heterocycles. The summed E-state index contributed by atoms with van der Waals surface area (Å²) in [6.07, 6.45) is 0. The molecule has 62 heavy (non-hydrogen) atoms. The molecule has 0 radical (unpaired) electrons. The maximum absolute atomic E-state index is 2.53. The van der Waals surface area contributed by atoms with Gasteiger partial charge in [0.25, 0.3) is 0 Å². The van der Waals surface area contributed by atoms with E-state index in [0.29, 0.717) is 0 Å². The van der Waals surface area contributed by atoms with Crippen molar-refractivity contribution in [3.05, 3.63) is 229 Å². The van der Waals surface area contributed by atoms with E-state index in [0.717, 1.165) is 22.7 Å². The highest BCUT2D eigenvalue weighted by atomic mass is 15.1. The van der Waals surface area contributed by atoms with E-state index in [1.54, 1.807) is 0 Å². The zero-order valence-corrected chi connectivity index (χ0v) is 35.5. The summed E-state index contributed by atoms with van der Waals surface area (Å²) in [4.78, 5) is 2.45. The van der Waals surface area contributed by atoms with Gasteiger partial charge in [-0.15, -0.1) is 0 Å². The Hall–Kier alpha value is -7.42. The molecule has 1 aromatic heterocycles. The van der Waals surface area contributed by atoms with Crippen LogP contribution in [0.25, 0.3) is 72.0 Å². The quantitative estimate of drug-likeness (QED) is 0.163. The largest absolute Gasteiger partial charge is 0.310 e. The number of anilines is 3. The van der Waals surface area contributed by atoms with Gasteiger partial charge in [0.2, 0.25) is 0 Å². The molecule has 2 heteroatoms. The summed E-state index contributed by atoms with van der Waals surface area (Å²) in [6, 6.07) is 76.3.